The third kappa shape index (κ3) is 0.593. The lowest BCUT2D eigenvalue weighted by molar-refractivity contribution is 1.51. The van der Waals surface area contributed by atoms with Crippen molar-refractivity contribution in [3.05, 3.63) is 47.0 Å². The van der Waals surface area contributed by atoms with Crippen LogP contribution in [0.4, 0.5) is 0 Å². The Labute approximate surface area is 73.9 Å². The fraction of sp³-hybridized carbons (Fsp3) is 0.182. The summed E-state index contributed by atoms with van der Waals surface area (Å²) in [6.45, 7) is 4.87. The van der Waals surface area contributed by atoms with Crippen molar-refractivity contribution in [3.63, 3.8) is 0 Å². The van der Waals surface area contributed by atoms with E-state index in [0.717, 1.165) is 0 Å². The second kappa shape index (κ2) is 1.74. The Bertz CT molecular complexity index is 399. The molecule has 0 nitrogen and oxygen atoms in total. The summed E-state index contributed by atoms with van der Waals surface area (Å²) in [6, 6.07) is 8.74. The van der Waals surface area contributed by atoms with Crippen LogP contribution in [-0.2, 0) is 0 Å². The zero-order valence-corrected chi connectivity index (χ0v) is 8.39. The summed E-state index contributed by atoms with van der Waals surface area (Å²) in [4.78, 5) is 0. The maximum absolute atomic E-state index is 2.43. The van der Waals surface area contributed by atoms with Crippen LogP contribution in [0.1, 0.15) is 11.1 Å². The number of hydrogen-bond acceptors (Lipinski definition) is 0. The van der Waals surface area contributed by atoms with E-state index in [2.05, 4.69) is 43.8 Å². The van der Waals surface area contributed by atoms with Gasteiger partial charge < -0.3 is 0 Å². The molecule has 0 saturated heterocycles. The minimum absolute atomic E-state index is 0.981. The van der Waals surface area contributed by atoms with E-state index in [-0.39, 0.29) is 0 Å². The maximum Gasteiger partial charge on any atom is 0.108 e. The van der Waals surface area contributed by atoms with Gasteiger partial charge in [0.05, 0.1) is 0 Å². The van der Waals surface area contributed by atoms with Gasteiger partial charge in [0, 0.05) is 6.42 Å². The van der Waals surface area contributed by atoms with E-state index in [1.807, 2.05) is 0 Å². The first-order valence-corrected chi connectivity index (χ1v) is 7.40. The van der Waals surface area contributed by atoms with Crippen molar-refractivity contribution in [1.82, 2.24) is 0 Å². The lowest BCUT2D eigenvalue weighted by Gasteiger charge is -2.11. The average Bonchev–Trinajstić information content (AvgIpc) is 2.46. The molecule has 0 saturated carbocycles. The van der Waals surface area contributed by atoms with Crippen molar-refractivity contribution >= 4 is 13.3 Å². The van der Waals surface area contributed by atoms with Crippen LogP contribution < -0.4 is 0 Å². The Balaban J connectivity index is 2.17. The number of rotatable bonds is 0. The van der Waals surface area contributed by atoms with Gasteiger partial charge in [0.2, 0.25) is 0 Å². The standard InChI is InChI=1S/C11H11Si/c1-12(2)10-7-8-5-3-4-6-9(8)11(10)12/h3-7H,1-2H3. The van der Waals surface area contributed by atoms with Crippen LogP contribution in [0.15, 0.2) is 29.5 Å². The summed E-state index contributed by atoms with van der Waals surface area (Å²) in [5.41, 5.74) is 2.96. The molecule has 0 N–H and O–H groups in total. The molecular formula is C11H11Si. The molecule has 0 bridgehead atoms. The molecule has 0 amide bonds. The van der Waals surface area contributed by atoms with Crippen LogP contribution in [0.2, 0.25) is 13.1 Å². The van der Waals surface area contributed by atoms with E-state index in [1.165, 1.54) is 11.1 Å². The molecule has 2 aliphatic rings. The molecule has 59 valence electrons. The quantitative estimate of drug-likeness (QED) is 0.527. The van der Waals surface area contributed by atoms with Gasteiger partial charge in [-0.1, -0.05) is 47.8 Å². The molecule has 3 rings (SSSR count). The van der Waals surface area contributed by atoms with Crippen LogP contribution in [0.5, 0.6) is 0 Å². The summed E-state index contributed by atoms with van der Waals surface area (Å²) in [6.07, 6.45) is 2.39. The minimum atomic E-state index is -0.981. The van der Waals surface area contributed by atoms with Crippen molar-refractivity contribution in [1.29, 1.82) is 0 Å². The molecule has 1 aliphatic carbocycles. The van der Waals surface area contributed by atoms with E-state index in [0.29, 0.717) is 0 Å². The van der Waals surface area contributed by atoms with Gasteiger partial charge >= 0.3 is 0 Å². The molecule has 1 aromatic rings. The molecule has 0 unspecified atom stereocenters. The number of allylic oxidation sites excluding steroid dienone is 1. The normalized spacial score (nSPS) is 22.2. The molecule has 0 aromatic heterocycles. The van der Waals surface area contributed by atoms with E-state index < -0.39 is 8.07 Å². The molecule has 1 heterocycles. The first-order chi connectivity index (χ1) is 5.71. The van der Waals surface area contributed by atoms with Gasteiger partial charge in [-0.25, -0.2) is 0 Å². The minimum Gasteiger partial charge on any atom is -0.0675 e. The molecule has 0 atom stereocenters. The van der Waals surface area contributed by atoms with Crippen molar-refractivity contribution < 1.29 is 0 Å². The summed E-state index contributed by atoms with van der Waals surface area (Å²) < 4.78 is 0. The summed E-state index contributed by atoms with van der Waals surface area (Å²) >= 11 is 0. The predicted octanol–water partition coefficient (Wildman–Crippen LogP) is 2.81. The summed E-state index contributed by atoms with van der Waals surface area (Å²) in [7, 11) is -0.981. The highest BCUT2D eigenvalue weighted by Crippen LogP contribution is 2.56. The zero-order chi connectivity index (χ0) is 8.34. The van der Waals surface area contributed by atoms with Gasteiger partial charge in [-0.15, -0.1) is 0 Å². The first kappa shape index (κ1) is 6.67. The highest BCUT2D eigenvalue weighted by molar-refractivity contribution is 7.13. The Kier molecular flexibility index (Phi) is 0.968. The number of hydrogen-bond donors (Lipinski definition) is 0. The smallest absolute Gasteiger partial charge is 0.0675 e. The maximum atomic E-state index is 2.43. The van der Waals surface area contributed by atoms with E-state index in [9.17, 15) is 0 Å². The fourth-order valence-electron chi connectivity index (χ4n) is 2.24. The fourth-order valence-corrected chi connectivity index (χ4v) is 5.61. The second-order valence-electron chi connectivity index (χ2n) is 4.15. The van der Waals surface area contributed by atoms with Crippen molar-refractivity contribution in [3.8, 4) is 0 Å². The SMILES string of the molecule is C[Si]1(C)C2=C1c1ccccc1[CH]2. The highest BCUT2D eigenvalue weighted by Gasteiger charge is 2.51. The lowest BCUT2D eigenvalue weighted by atomic mass is 10.1. The van der Waals surface area contributed by atoms with Crippen LogP contribution >= 0.6 is 0 Å². The molecule has 1 radical (unpaired) electrons. The number of fused-ring (bicyclic) bond motifs is 2. The topological polar surface area (TPSA) is 0 Å². The second-order valence-corrected chi connectivity index (χ2v) is 8.43. The van der Waals surface area contributed by atoms with Crippen molar-refractivity contribution in [2.45, 2.75) is 13.1 Å². The largest absolute Gasteiger partial charge is 0.108 e. The third-order valence-corrected chi connectivity index (χ3v) is 6.31. The summed E-state index contributed by atoms with van der Waals surface area (Å²) in [5.74, 6) is 0. The van der Waals surface area contributed by atoms with Crippen molar-refractivity contribution in [2.75, 3.05) is 0 Å². The monoisotopic (exact) mass is 171 g/mol. The molecule has 0 fully saturated rings. The van der Waals surface area contributed by atoms with Gasteiger partial charge in [0.15, 0.2) is 0 Å². The van der Waals surface area contributed by atoms with E-state index >= 15 is 0 Å². The average molecular weight is 171 g/mol. The van der Waals surface area contributed by atoms with Gasteiger partial charge in [0.1, 0.15) is 8.07 Å². The molecule has 1 aliphatic heterocycles. The zero-order valence-electron chi connectivity index (χ0n) is 7.39. The van der Waals surface area contributed by atoms with E-state index in [4.69, 9.17) is 0 Å². The highest BCUT2D eigenvalue weighted by atomic mass is 28.3. The third-order valence-electron chi connectivity index (χ3n) is 3.04. The van der Waals surface area contributed by atoms with Gasteiger partial charge in [-0.3, -0.25) is 0 Å². The van der Waals surface area contributed by atoms with Crippen LogP contribution in [0.25, 0.3) is 5.20 Å². The number of benzene rings is 1. The Hall–Kier alpha value is -0.823. The Morgan fingerprint density at radius 1 is 1.08 bits per heavy atom. The van der Waals surface area contributed by atoms with Gasteiger partial charge in [-0.2, -0.15) is 0 Å². The molecule has 1 aromatic carbocycles. The molecule has 0 spiro atoms. The molecule has 12 heavy (non-hydrogen) atoms. The van der Waals surface area contributed by atoms with Gasteiger partial charge in [-0.05, 0) is 11.1 Å². The van der Waals surface area contributed by atoms with Crippen LogP contribution in [0.3, 0.4) is 0 Å². The van der Waals surface area contributed by atoms with Crippen molar-refractivity contribution in [2.24, 2.45) is 0 Å². The van der Waals surface area contributed by atoms with E-state index in [1.54, 1.807) is 10.4 Å². The summed E-state index contributed by atoms with van der Waals surface area (Å²) in [5, 5.41) is 3.39. The van der Waals surface area contributed by atoms with Crippen LogP contribution in [-0.4, -0.2) is 8.07 Å². The van der Waals surface area contributed by atoms with Gasteiger partial charge in [0.25, 0.3) is 0 Å². The van der Waals surface area contributed by atoms with Crippen LogP contribution in [0, 0.1) is 6.42 Å². The molecular weight excluding hydrogens is 160 g/mol. The lowest BCUT2D eigenvalue weighted by Crippen LogP contribution is -2.13. The molecule has 1 heteroatoms. The Morgan fingerprint density at radius 3 is 2.67 bits per heavy atom. The Morgan fingerprint density at radius 2 is 1.83 bits per heavy atom. The first-order valence-electron chi connectivity index (χ1n) is 4.40. The predicted molar refractivity (Wildman–Crippen MR) is 54.2 cm³/mol.